The van der Waals surface area contributed by atoms with E-state index in [9.17, 15) is 18.3 Å². The molecule has 1 aromatic carbocycles. The van der Waals surface area contributed by atoms with Crippen molar-refractivity contribution < 1.29 is 18.3 Å². The van der Waals surface area contributed by atoms with E-state index in [-0.39, 0.29) is 23.9 Å². The van der Waals surface area contributed by atoms with Gasteiger partial charge in [0.15, 0.2) is 0 Å². The molecule has 21 heavy (non-hydrogen) atoms. The molecule has 0 bridgehead atoms. The summed E-state index contributed by atoms with van der Waals surface area (Å²) in [6, 6.07) is 7.86. The highest BCUT2D eigenvalue weighted by atomic mass is 32.2. The Morgan fingerprint density at radius 1 is 1.29 bits per heavy atom. The monoisotopic (exact) mass is 314 g/mol. The molecule has 0 atom stereocenters. The molecule has 6 nitrogen and oxygen atoms in total. The molecule has 1 amide bonds. The molecule has 0 aliphatic heterocycles. The molecule has 0 aliphatic carbocycles. The number of hydrogen-bond donors (Lipinski definition) is 2. The van der Waals surface area contributed by atoms with Crippen LogP contribution in [0, 0.1) is 0 Å². The van der Waals surface area contributed by atoms with Crippen LogP contribution in [0.4, 0.5) is 0 Å². The number of hydrogen-bond acceptors (Lipinski definition) is 4. The topological polar surface area (TPSA) is 86.7 Å². The molecule has 0 aromatic heterocycles. The molecular formula is C14H22N2O4S. The van der Waals surface area contributed by atoms with E-state index < -0.39 is 15.6 Å². The van der Waals surface area contributed by atoms with Gasteiger partial charge in [0.25, 0.3) is 0 Å². The minimum absolute atomic E-state index is 0.114. The normalized spacial score (nSPS) is 12.2. The molecule has 1 aromatic rings. The van der Waals surface area contributed by atoms with Gasteiger partial charge in [0.05, 0.1) is 17.0 Å². The van der Waals surface area contributed by atoms with Crippen molar-refractivity contribution in [3.05, 3.63) is 30.3 Å². The van der Waals surface area contributed by atoms with E-state index in [1.807, 2.05) is 0 Å². The van der Waals surface area contributed by atoms with E-state index in [2.05, 4.69) is 4.72 Å². The number of sulfonamides is 1. The summed E-state index contributed by atoms with van der Waals surface area (Å²) in [5.41, 5.74) is -1.02. The predicted molar refractivity (Wildman–Crippen MR) is 80.2 cm³/mol. The van der Waals surface area contributed by atoms with Gasteiger partial charge in [-0.15, -0.1) is 0 Å². The maximum absolute atomic E-state index is 12.0. The third-order valence-electron chi connectivity index (χ3n) is 2.78. The van der Waals surface area contributed by atoms with Gasteiger partial charge in [0, 0.05) is 13.1 Å². The second-order valence-electron chi connectivity index (χ2n) is 5.36. The Morgan fingerprint density at radius 3 is 2.33 bits per heavy atom. The second-order valence-corrected chi connectivity index (χ2v) is 7.12. The average molecular weight is 314 g/mol. The predicted octanol–water partition coefficient (Wildman–Crippen LogP) is 0.584. The number of carbonyl (C=O) groups is 1. The van der Waals surface area contributed by atoms with Crippen molar-refractivity contribution in [1.82, 2.24) is 9.62 Å². The first-order chi connectivity index (χ1) is 9.65. The number of nitrogens with zero attached hydrogens (tertiary/aromatic N) is 1. The number of benzene rings is 1. The van der Waals surface area contributed by atoms with Gasteiger partial charge in [0.2, 0.25) is 15.9 Å². The van der Waals surface area contributed by atoms with E-state index in [0.717, 1.165) is 0 Å². The Labute approximate surface area is 125 Å². The summed E-state index contributed by atoms with van der Waals surface area (Å²) in [5.74, 6) is -0.376. The fraction of sp³-hybridized carbons (Fsp3) is 0.500. The van der Waals surface area contributed by atoms with Crippen LogP contribution in [0.3, 0.4) is 0 Å². The number of nitrogens with one attached hydrogen (secondary N) is 1. The lowest BCUT2D eigenvalue weighted by Crippen LogP contribution is -2.46. The minimum atomic E-state index is -3.70. The molecule has 0 spiro atoms. The van der Waals surface area contributed by atoms with Crippen LogP contribution in [0.15, 0.2) is 35.2 Å². The van der Waals surface area contributed by atoms with E-state index in [1.54, 1.807) is 39.0 Å². The van der Waals surface area contributed by atoms with Gasteiger partial charge in [-0.3, -0.25) is 4.79 Å². The Morgan fingerprint density at radius 2 is 1.86 bits per heavy atom. The molecule has 2 N–H and O–H groups in total. The van der Waals surface area contributed by atoms with Crippen LogP contribution >= 0.6 is 0 Å². The number of carbonyl (C=O) groups excluding carboxylic acids is 1. The maximum atomic E-state index is 12.0. The van der Waals surface area contributed by atoms with Gasteiger partial charge in [-0.25, -0.2) is 13.1 Å². The van der Waals surface area contributed by atoms with Crippen LogP contribution in [-0.2, 0) is 14.8 Å². The van der Waals surface area contributed by atoms with Crippen molar-refractivity contribution in [2.45, 2.75) is 31.3 Å². The summed E-state index contributed by atoms with van der Waals surface area (Å²) in [7, 11) is -3.70. The van der Waals surface area contributed by atoms with E-state index >= 15 is 0 Å². The van der Waals surface area contributed by atoms with Crippen LogP contribution in [0.1, 0.15) is 20.8 Å². The number of aliphatic hydroxyl groups is 1. The molecular weight excluding hydrogens is 292 g/mol. The molecule has 0 saturated carbocycles. The first kappa shape index (κ1) is 17.6. The third kappa shape index (κ3) is 5.82. The van der Waals surface area contributed by atoms with Gasteiger partial charge in [-0.1, -0.05) is 18.2 Å². The Hall–Kier alpha value is -1.44. The summed E-state index contributed by atoms with van der Waals surface area (Å²) in [6.07, 6.45) is 0. The first-order valence-electron chi connectivity index (χ1n) is 6.70. The number of amides is 1. The summed E-state index contributed by atoms with van der Waals surface area (Å²) in [4.78, 5) is 13.5. The van der Waals surface area contributed by atoms with E-state index in [0.29, 0.717) is 6.54 Å². The lowest BCUT2D eigenvalue weighted by molar-refractivity contribution is -0.132. The largest absolute Gasteiger partial charge is 0.389 e. The van der Waals surface area contributed by atoms with Crippen molar-refractivity contribution in [1.29, 1.82) is 0 Å². The van der Waals surface area contributed by atoms with Crippen molar-refractivity contribution in [2.75, 3.05) is 19.6 Å². The van der Waals surface area contributed by atoms with Crippen molar-refractivity contribution >= 4 is 15.9 Å². The van der Waals surface area contributed by atoms with Crippen LogP contribution in [0.25, 0.3) is 0 Å². The van der Waals surface area contributed by atoms with Crippen LogP contribution in [-0.4, -0.2) is 49.6 Å². The van der Waals surface area contributed by atoms with E-state index in [4.69, 9.17) is 0 Å². The molecule has 0 aliphatic rings. The lowest BCUT2D eigenvalue weighted by Gasteiger charge is -2.28. The highest BCUT2D eigenvalue weighted by molar-refractivity contribution is 7.89. The Kier molecular flexibility index (Phi) is 5.88. The van der Waals surface area contributed by atoms with Crippen LogP contribution < -0.4 is 4.72 Å². The molecule has 1 rings (SSSR count). The molecule has 0 fully saturated rings. The van der Waals surface area contributed by atoms with E-state index in [1.165, 1.54) is 17.0 Å². The zero-order valence-electron chi connectivity index (χ0n) is 12.5. The second kappa shape index (κ2) is 7.02. The molecule has 0 radical (unpaired) electrons. The Bertz CT molecular complexity index is 564. The van der Waals surface area contributed by atoms with Crippen molar-refractivity contribution in [3.63, 3.8) is 0 Å². The zero-order valence-corrected chi connectivity index (χ0v) is 13.4. The first-order valence-corrected chi connectivity index (χ1v) is 8.19. The zero-order chi connectivity index (χ0) is 16.1. The fourth-order valence-corrected chi connectivity index (χ4v) is 2.79. The highest BCUT2D eigenvalue weighted by Crippen LogP contribution is 2.08. The molecule has 118 valence electrons. The van der Waals surface area contributed by atoms with Gasteiger partial charge in [-0.2, -0.15) is 0 Å². The van der Waals surface area contributed by atoms with Crippen LogP contribution in [0.5, 0.6) is 0 Å². The summed E-state index contributed by atoms with van der Waals surface area (Å²) < 4.78 is 26.3. The average Bonchev–Trinajstić information content (AvgIpc) is 2.42. The SMILES string of the molecule is CCN(CC(C)(C)O)C(=O)CNS(=O)(=O)c1ccccc1. The summed E-state index contributed by atoms with van der Waals surface area (Å²) >= 11 is 0. The van der Waals surface area contributed by atoms with Gasteiger partial charge in [-0.05, 0) is 32.9 Å². The molecule has 7 heteroatoms. The van der Waals surface area contributed by atoms with Crippen molar-refractivity contribution in [3.8, 4) is 0 Å². The lowest BCUT2D eigenvalue weighted by atomic mass is 10.1. The maximum Gasteiger partial charge on any atom is 0.241 e. The Balaban J connectivity index is 2.67. The number of likely N-dealkylation sites (N-methyl/N-ethyl adjacent to an activating group) is 1. The standard InChI is InChI=1S/C14H22N2O4S/c1-4-16(11-14(2,3)18)13(17)10-15-21(19,20)12-8-6-5-7-9-12/h5-9,15,18H,4,10-11H2,1-3H3. The smallest absolute Gasteiger partial charge is 0.241 e. The minimum Gasteiger partial charge on any atom is -0.389 e. The van der Waals surface area contributed by atoms with Gasteiger partial charge in [0.1, 0.15) is 0 Å². The fourth-order valence-electron chi connectivity index (χ4n) is 1.79. The summed E-state index contributed by atoms with van der Waals surface area (Å²) in [6.45, 7) is 5.18. The number of rotatable bonds is 7. The molecule has 0 saturated heterocycles. The molecule has 0 unspecified atom stereocenters. The van der Waals surface area contributed by atoms with Crippen LogP contribution in [0.2, 0.25) is 0 Å². The quantitative estimate of drug-likeness (QED) is 0.771. The van der Waals surface area contributed by atoms with Gasteiger partial charge >= 0.3 is 0 Å². The summed E-state index contributed by atoms with van der Waals surface area (Å²) in [5, 5.41) is 9.74. The highest BCUT2D eigenvalue weighted by Gasteiger charge is 2.22. The third-order valence-corrected chi connectivity index (χ3v) is 4.20. The molecule has 0 heterocycles. The van der Waals surface area contributed by atoms with Gasteiger partial charge < -0.3 is 10.0 Å². The van der Waals surface area contributed by atoms with Crippen molar-refractivity contribution in [2.24, 2.45) is 0 Å².